The molecule has 1 nitrogen and oxygen atoms in total. The lowest BCUT2D eigenvalue weighted by Gasteiger charge is -1.91. The number of nitrogens with one attached hydrogen (secondary N) is 1. The number of para-hydroxylation sites is 1. The fourth-order valence-electron chi connectivity index (χ4n) is 1.69. The number of aromatic nitrogens is 1. The minimum atomic E-state index is 1.09. The third kappa shape index (κ3) is 1.27. The zero-order valence-corrected chi connectivity index (χ0v) is 8.25. The largest absolute Gasteiger partial charge is 0.355 e. The van der Waals surface area contributed by atoms with Crippen LogP contribution in [0.25, 0.3) is 23.1 Å². The molecule has 0 atom stereocenters. The van der Waals surface area contributed by atoms with Gasteiger partial charge in [-0.3, -0.25) is 0 Å². The molecule has 0 aliphatic carbocycles. The highest BCUT2D eigenvalue weighted by Crippen LogP contribution is 2.24. The van der Waals surface area contributed by atoms with Gasteiger partial charge in [-0.2, -0.15) is 0 Å². The standard InChI is InChI=1S/C13H13N/c1-3-7-10-11-8-5-6-9-13(11)14-12(10)4-2/h3-9,14H,2H2,1H3/b7-3-. The van der Waals surface area contributed by atoms with E-state index in [0.29, 0.717) is 0 Å². The summed E-state index contributed by atoms with van der Waals surface area (Å²) in [6.07, 6.45) is 6.01. The van der Waals surface area contributed by atoms with E-state index in [-0.39, 0.29) is 0 Å². The Hall–Kier alpha value is -1.76. The van der Waals surface area contributed by atoms with E-state index in [2.05, 4.69) is 35.8 Å². The monoisotopic (exact) mass is 183 g/mol. The number of hydrogen-bond donors (Lipinski definition) is 1. The van der Waals surface area contributed by atoms with Crippen LogP contribution in [-0.2, 0) is 0 Å². The van der Waals surface area contributed by atoms with Crippen molar-refractivity contribution in [3.05, 3.63) is 48.2 Å². The summed E-state index contributed by atoms with van der Waals surface area (Å²) in [7, 11) is 0. The third-order valence-corrected chi connectivity index (χ3v) is 2.31. The maximum absolute atomic E-state index is 3.80. The van der Waals surface area contributed by atoms with Crippen LogP contribution >= 0.6 is 0 Å². The minimum absolute atomic E-state index is 1.09. The summed E-state index contributed by atoms with van der Waals surface area (Å²) in [5.41, 5.74) is 3.47. The van der Waals surface area contributed by atoms with Gasteiger partial charge in [-0.1, -0.05) is 36.9 Å². The molecular weight excluding hydrogens is 170 g/mol. The normalized spacial score (nSPS) is 11.2. The van der Waals surface area contributed by atoms with Crippen molar-refractivity contribution in [2.45, 2.75) is 6.92 Å². The lowest BCUT2D eigenvalue weighted by atomic mass is 10.1. The first-order valence-corrected chi connectivity index (χ1v) is 4.72. The van der Waals surface area contributed by atoms with Gasteiger partial charge in [0.25, 0.3) is 0 Å². The zero-order valence-electron chi connectivity index (χ0n) is 8.25. The molecule has 1 aromatic heterocycles. The van der Waals surface area contributed by atoms with E-state index in [1.54, 1.807) is 0 Å². The van der Waals surface area contributed by atoms with Crippen LogP contribution in [0.4, 0.5) is 0 Å². The summed E-state index contributed by atoms with van der Waals surface area (Å²) in [6.45, 7) is 5.83. The van der Waals surface area contributed by atoms with E-state index in [1.807, 2.05) is 25.1 Å². The Morgan fingerprint density at radius 1 is 1.29 bits per heavy atom. The van der Waals surface area contributed by atoms with Gasteiger partial charge < -0.3 is 4.98 Å². The molecule has 2 aromatic rings. The van der Waals surface area contributed by atoms with Crippen LogP contribution in [0, 0.1) is 0 Å². The van der Waals surface area contributed by atoms with Gasteiger partial charge in [0.05, 0.1) is 0 Å². The predicted octanol–water partition coefficient (Wildman–Crippen LogP) is 3.84. The molecule has 0 aliphatic heterocycles. The maximum Gasteiger partial charge on any atom is 0.0464 e. The van der Waals surface area contributed by atoms with Gasteiger partial charge in [0.15, 0.2) is 0 Å². The Bertz CT molecular complexity index is 489. The average molecular weight is 183 g/mol. The molecule has 0 saturated carbocycles. The van der Waals surface area contributed by atoms with E-state index in [9.17, 15) is 0 Å². The van der Waals surface area contributed by atoms with Crippen LogP contribution in [0.5, 0.6) is 0 Å². The Labute approximate surface area is 83.8 Å². The molecule has 1 heterocycles. The smallest absolute Gasteiger partial charge is 0.0464 e. The first kappa shape index (κ1) is 8.82. The molecule has 1 aromatic carbocycles. The van der Waals surface area contributed by atoms with Gasteiger partial charge in [0, 0.05) is 22.2 Å². The minimum Gasteiger partial charge on any atom is -0.355 e. The highest BCUT2D eigenvalue weighted by atomic mass is 14.7. The average Bonchev–Trinajstić information content (AvgIpc) is 2.58. The second kappa shape index (κ2) is 3.54. The number of aromatic amines is 1. The van der Waals surface area contributed by atoms with Gasteiger partial charge in [0.2, 0.25) is 0 Å². The van der Waals surface area contributed by atoms with Crippen molar-refractivity contribution in [2.75, 3.05) is 0 Å². The fraction of sp³-hybridized carbons (Fsp3) is 0.0769. The molecular formula is C13H13N. The summed E-state index contributed by atoms with van der Waals surface area (Å²) in [5, 5.41) is 1.25. The summed E-state index contributed by atoms with van der Waals surface area (Å²) in [6, 6.07) is 8.28. The first-order chi connectivity index (χ1) is 6.86. The highest BCUT2D eigenvalue weighted by molar-refractivity contribution is 5.92. The number of fused-ring (bicyclic) bond motifs is 1. The molecule has 0 saturated heterocycles. The van der Waals surface area contributed by atoms with Gasteiger partial charge in [-0.05, 0) is 19.1 Å². The molecule has 14 heavy (non-hydrogen) atoms. The highest BCUT2D eigenvalue weighted by Gasteiger charge is 2.04. The van der Waals surface area contributed by atoms with Crippen LogP contribution in [-0.4, -0.2) is 4.98 Å². The number of hydrogen-bond acceptors (Lipinski definition) is 0. The van der Waals surface area contributed by atoms with Crippen molar-refractivity contribution in [1.82, 2.24) is 4.98 Å². The van der Waals surface area contributed by atoms with Gasteiger partial charge >= 0.3 is 0 Å². The van der Waals surface area contributed by atoms with Crippen molar-refractivity contribution in [3.63, 3.8) is 0 Å². The Balaban J connectivity index is 2.80. The molecule has 0 bridgehead atoms. The van der Waals surface area contributed by atoms with Gasteiger partial charge in [-0.25, -0.2) is 0 Å². The van der Waals surface area contributed by atoms with Crippen LogP contribution < -0.4 is 0 Å². The lowest BCUT2D eigenvalue weighted by Crippen LogP contribution is -1.73. The van der Waals surface area contributed by atoms with Crippen molar-refractivity contribution in [2.24, 2.45) is 0 Å². The molecule has 2 rings (SSSR count). The predicted molar refractivity (Wildman–Crippen MR) is 63.1 cm³/mol. The van der Waals surface area contributed by atoms with Crippen LogP contribution in [0.2, 0.25) is 0 Å². The number of benzene rings is 1. The quantitative estimate of drug-likeness (QED) is 0.728. The Kier molecular flexibility index (Phi) is 2.23. The van der Waals surface area contributed by atoms with E-state index in [1.165, 1.54) is 10.9 Å². The topological polar surface area (TPSA) is 15.8 Å². The lowest BCUT2D eigenvalue weighted by molar-refractivity contribution is 1.42. The SMILES string of the molecule is C=Cc1[nH]c2ccccc2c1/C=C\C. The van der Waals surface area contributed by atoms with Crippen LogP contribution in [0.1, 0.15) is 18.2 Å². The van der Waals surface area contributed by atoms with Crippen LogP contribution in [0.15, 0.2) is 36.9 Å². The Morgan fingerprint density at radius 3 is 2.79 bits per heavy atom. The molecule has 0 unspecified atom stereocenters. The van der Waals surface area contributed by atoms with E-state index < -0.39 is 0 Å². The Morgan fingerprint density at radius 2 is 2.07 bits per heavy atom. The summed E-state index contributed by atoms with van der Waals surface area (Å²) in [5.74, 6) is 0. The molecule has 0 amide bonds. The van der Waals surface area contributed by atoms with Crippen molar-refractivity contribution < 1.29 is 0 Å². The fourth-order valence-corrected chi connectivity index (χ4v) is 1.69. The second-order valence-corrected chi connectivity index (χ2v) is 3.20. The molecule has 70 valence electrons. The summed E-state index contributed by atoms with van der Waals surface area (Å²) < 4.78 is 0. The van der Waals surface area contributed by atoms with E-state index in [0.717, 1.165) is 11.2 Å². The molecule has 1 N–H and O–H groups in total. The molecule has 0 spiro atoms. The molecule has 0 aliphatic rings. The second-order valence-electron chi connectivity index (χ2n) is 3.20. The van der Waals surface area contributed by atoms with Gasteiger partial charge in [0.1, 0.15) is 0 Å². The summed E-state index contributed by atoms with van der Waals surface area (Å²) >= 11 is 0. The first-order valence-electron chi connectivity index (χ1n) is 4.72. The van der Waals surface area contributed by atoms with Crippen molar-refractivity contribution in [3.8, 4) is 0 Å². The van der Waals surface area contributed by atoms with E-state index in [4.69, 9.17) is 0 Å². The summed E-state index contributed by atoms with van der Waals surface area (Å²) in [4.78, 5) is 3.33. The zero-order chi connectivity index (χ0) is 9.97. The number of H-pyrrole nitrogens is 1. The molecule has 0 fully saturated rings. The third-order valence-electron chi connectivity index (χ3n) is 2.31. The van der Waals surface area contributed by atoms with Crippen LogP contribution in [0.3, 0.4) is 0 Å². The van der Waals surface area contributed by atoms with Crippen molar-refractivity contribution in [1.29, 1.82) is 0 Å². The van der Waals surface area contributed by atoms with E-state index >= 15 is 0 Å². The van der Waals surface area contributed by atoms with Gasteiger partial charge in [-0.15, -0.1) is 0 Å². The maximum atomic E-state index is 3.80. The number of rotatable bonds is 2. The number of allylic oxidation sites excluding steroid dienone is 1. The van der Waals surface area contributed by atoms with Crippen molar-refractivity contribution >= 4 is 23.1 Å². The molecule has 0 radical (unpaired) electrons. The molecule has 1 heteroatoms.